The zero-order valence-electron chi connectivity index (χ0n) is 15.0. The predicted octanol–water partition coefficient (Wildman–Crippen LogP) is 4.47. The standard InChI is InChI=1S/C21H20BrN3O2/c1-3-12-24(14-16-4-10-20(27-2)11-5-16)21(26)17-13-23-25(15-17)19-8-6-18(22)7-9-19/h3-11,13,15H,1,12,14H2,2H3. The monoisotopic (exact) mass is 425 g/mol. The molecule has 0 saturated heterocycles. The second-order valence-corrected chi connectivity index (χ2v) is 6.89. The van der Waals surface area contributed by atoms with Gasteiger partial charge in [0.05, 0.1) is 24.6 Å². The fourth-order valence-electron chi connectivity index (χ4n) is 2.68. The summed E-state index contributed by atoms with van der Waals surface area (Å²) in [6.45, 7) is 4.70. The number of carbonyl (C=O) groups is 1. The number of hydrogen-bond acceptors (Lipinski definition) is 3. The van der Waals surface area contributed by atoms with Crippen molar-refractivity contribution >= 4 is 21.8 Å². The molecule has 0 spiro atoms. The summed E-state index contributed by atoms with van der Waals surface area (Å²) in [6, 6.07) is 15.4. The van der Waals surface area contributed by atoms with Crippen LogP contribution < -0.4 is 4.74 Å². The van der Waals surface area contributed by atoms with E-state index in [1.807, 2.05) is 48.5 Å². The van der Waals surface area contributed by atoms with E-state index in [2.05, 4.69) is 27.6 Å². The summed E-state index contributed by atoms with van der Waals surface area (Å²) in [5, 5.41) is 4.32. The summed E-state index contributed by atoms with van der Waals surface area (Å²) in [5.74, 6) is 0.699. The molecule has 5 nitrogen and oxygen atoms in total. The van der Waals surface area contributed by atoms with Gasteiger partial charge in [-0.25, -0.2) is 4.68 Å². The highest BCUT2D eigenvalue weighted by Crippen LogP contribution is 2.17. The van der Waals surface area contributed by atoms with Crippen LogP contribution >= 0.6 is 15.9 Å². The van der Waals surface area contributed by atoms with Crippen molar-refractivity contribution in [2.45, 2.75) is 6.54 Å². The lowest BCUT2D eigenvalue weighted by Crippen LogP contribution is -2.30. The van der Waals surface area contributed by atoms with E-state index in [-0.39, 0.29) is 5.91 Å². The lowest BCUT2D eigenvalue weighted by Gasteiger charge is -2.20. The van der Waals surface area contributed by atoms with Gasteiger partial charge in [-0.2, -0.15) is 5.10 Å². The SMILES string of the molecule is C=CCN(Cc1ccc(OC)cc1)C(=O)c1cnn(-c2ccc(Br)cc2)c1. The molecule has 0 saturated carbocycles. The van der Waals surface area contributed by atoms with Crippen molar-refractivity contribution in [1.29, 1.82) is 0 Å². The van der Waals surface area contributed by atoms with Crippen LogP contribution in [0.3, 0.4) is 0 Å². The topological polar surface area (TPSA) is 47.4 Å². The molecule has 1 heterocycles. The maximum Gasteiger partial charge on any atom is 0.257 e. The van der Waals surface area contributed by atoms with Gasteiger partial charge >= 0.3 is 0 Å². The first-order valence-electron chi connectivity index (χ1n) is 8.44. The van der Waals surface area contributed by atoms with Crippen LogP contribution in [-0.2, 0) is 6.54 Å². The van der Waals surface area contributed by atoms with Crippen molar-refractivity contribution in [2.24, 2.45) is 0 Å². The predicted molar refractivity (Wildman–Crippen MR) is 109 cm³/mol. The van der Waals surface area contributed by atoms with Crippen LogP contribution in [0.15, 0.2) is 78.1 Å². The van der Waals surface area contributed by atoms with E-state index in [0.29, 0.717) is 18.7 Å². The van der Waals surface area contributed by atoms with Gasteiger partial charge in [-0.15, -0.1) is 6.58 Å². The van der Waals surface area contributed by atoms with Gasteiger partial charge in [0.15, 0.2) is 0 Å². The molecular formula is C21H20BrN3O2. The fraction of sp³-hybridized carbons (Fsp3) is 0.143. The maximum atomic E-state index is 13.0. The number of hydrogen-bond donors (Lipinski definition) is 0. The van der Waals surface area contributed by atoms with Crippen molar-refractivity contribution in [2.75, 3.05) is 13.7 Å². The van der Waals surface area contributed by atoms with E-state index in [1.54, 1.807) is 35.2 Å². The molecule has 0 aliphatic carbocycles. The van der Waals surface area contributed by atoms with Gasteiger partial charge in [0, 0.05) is 23.8 Å². The molecule has 0 aliphatic rings. The lowest BCUT2D eigenvalue weighted by atomic mass is 10.2. The van der Waals surface area contributed by atoms with Gasteiger partial charge in [0.1, 0.15) is 5.75 Å². The largest absolute Gasteiger partial charge is 0.497 e. The summed E-state index contributed by atoms with van der Waals surface area (Å²) < 4.78 is 7.87. The summed E-state index contributed by atoms with van der Waals surface area (Å²) in [7, 11) is 1.63. The summed E-state index contributed by atoms with van der Waals surface area (Å²) >= 11 is 3.42. The number of ether oxygens (including phenoxy) is 1. The zero-order chi connectivity index (χ0) is 19.2. The average molecular weight is 426 g/mol. The molecule has 3 rings (SSSR count). The second-order valence-electron chi connectivity index (χ2n) is 5.97. The number of benzene rings is 2. The van der Waals surface area contributed by atoms with Gasteiger partial charge < -0.3 is 9.64 Å². The molecule has 2 aromatic carbocycles. The van der Waals surface area contributed by atoms with Gasteiger partial charge in [-0.3, -0.25) is 4.79 Å². The minimum atomic E-state index is -0.0888. The quantitative estimate of drug-likeness (QED) is 0.524. The molecule has 3 aromatic rings. The Labute approximate surface area is 167 Å². The minimum Gasteiger partial charge on any atom is -0.497 e. The zero-order valence-corrected chi connectivity index (χ0v) is 16.6. The van der Waals surface area contributed by atoms with E-state index in [4.69, 9.17) is 4.74 Å². The Morgan fingerprint density at radius 3 is 2.56 bits per heavy atom. The molecule has 0 aliphatic heterocycles. The van der Waals surface area contributed by atoms with Gasteiger partial charge in [-0.05, 0) is 42.0 Å². The number of nitrogens with zero attached hydrogens (tertiary/aromatic N) is 3. The third kappa shape index (κ3) is 4.65. The lowest BCUT2D eigenvalue weighted by molar-refractivity contribution is 0.0762. The highest BCUT2D eigenvalue weighted by molar-refractivity contribution is 9.10. The van der Waals surface area contributed by atoms with Crippen molar-refractivity contribution in [3.05, 3.63) is 89.2 Å². The van der Waals surface area contributed by atoms with E-state index < -0.39 is 0 Å². The number of amides is 1. The van der Waals surface area contributed by atoms with Crippen molar-refractivity contribution in [3.8, 4) is 11.4 Å². The molecule has 0 fully saturated rings. The Hall–Kier alpha value is -2.86. The second kappa shape index (κ2) is 8.68. The summed E-state index contributed by atoms with van der Waals surface area (Å²) in [5.41, 5.74) is 2.45. The number of methoxy groups -OCH3 is 1. The van der Waals surface area contributed by atoms with Crippen LogP contribution in [0, 0.1) is 0 Å². The fourth-order valence-corrected chi connectivity index (χ4v) is 2.94. The third-order valence-corrected chi connectivity index (χ3v) is 4.62. The molecule has 0 bridgehead atoms. The summed E-state index contributed by atoms with van der Waals surface area (Å²) in [6.07, 6.45) is 5.06. The Morgan fingerprint density at radius 1 is 1.22 bits per heavy atom. The summed E-state index contributed by atoms with van der Waals surface area (Å²) in [4.78, 5) is 14.7. The normalized spacial score (nSPS) is 10.4. The number of halogens is 1. The van der Waals surface area contributed by atoms with Crippen molar-refractivity contribution < 1.29 is 9.53 Å². The molecule has 27 heavy (non-hydrogen) atoms. The first kappa shape index (κ1) is 18.9. The van der Waals surface area contributed by atoms with E-state index in [1.165, 1.54) is 0 Å². The molecule has 0 atom stereocenters. The molecular weight excluding hydrogens is 406 g/mol. The molecule has 138 valence electrons. The molecule has 1 amide bonds. The molecule has 1 aromatic heterocycles. The van der Waals surface area contributed by atoms with Gasteiger partial charge in [0.25, 0.3) is 5.91 Å². The molecule has 0 radical (unpaired) electrons. The van der Waals surface area contributed by atoms with Crippen LogP contribution in [0.5, 0.6) is 5.75 Å². The third-order valence-electron chi connectivity index (χ3n) is 4.09. The van der Waals surface area contributed by atoms with Crippen LogP contribution in [0.2, 0.25) is 0 Å². The van der Waals surface area contributed by atoms with Crippen molar-refractivity contribution in [1.82, 2.24) is 14.7 Å². The smallest absolute Gasteiger partial charge is 0.257 e. The molecule has 0 unspecified atom stereocenters. The molecule has 0 N–H and O–H groups in total. The highest BCUT2D eigenvalue weighted by atomic mass is 79.9. The number of rotatable bonds is 7. The Morgan fingerprint density at radius 2 is 1.93 bits per heavy atom. The maximum absolute atomic E-state index is 13.0. The Bertz CT molecular complexity index is 917. The minimum absolute atomic E-state index is 0.0888. The number of carbonyl (C=O) groups excluding carboxylic acids is 1. The first-order valence-corrected chi connectivity index (χ1v) is 9.23. The van der Waals surface area contributed by atoms with E-state index >= 15 is 0 Å². The van der Waals surface area contributed by atoms with Gasteiger partial charge in [-0.1, -0.05) is 34.1 Å². The Kier molecular flexibility index (Phi) is 6.08. The Balaban J connectivity index is 1.78. The first-order chi connectivity index (χ1) is 13.1. The molecule has 6 heteroatoms. The van der Waals surface area contributed by atoms with Crippen LogP contribution in [0.4, 0.5) is 0 Å². The van der Waals surface area contributed by atoms with E-state index in [9.17, 15) is 4.79 Å². The van der Waals surface area contributed by atoms with Crippen LogP contribution in [0.25, 0.3) is 5.69 Å². The average Bonchev–Trinajstić information content (AvgIpc) is 3.18. The van der Waals surface area contributed by atoms with Crippen LogP contribution in [0.1, 0.15) is 15.9 Å². The van der Waals surface area contributed by atoms with Crippen molar-refractivity contribution in [3.63, 3.8) is 0 Å². The van der Waals surface area contributed by atoms with Crippen LogP contribution in [-0.4, -0.2) is 34.2 Å². The van der Waals surface area contributed by atoms with E-state index in [0.717, 1.165) is 21.5 Å². The van der Waals surface area contributed by atoms with Gasteiger partial charge in [0.2, 0.25) is 0 Å². The highest BCUT2D eigenvalue weighted by Gasteiger charge is 2.17. The number of aromatic nitrogens is 2.